The van der Waals surface area contributed by atoms with Crippen LogP contribution < -0.4 is 4.74 Å². The Morgan fingerprint density at radius 2 is 1.87 bits per heavy atom. The summed E-state index contributed by atoms with van der Waals surface area (Å²) in [7, 11) is 1.55. The number of esters is 1. The second-order valence-corrected chi connectivity index (χ2v) is 6.36. The first kappa shape index (κ1) is 19.7. The zero-order valence-electron chi connectivity index (χ0n) is 16.6. The molecule has 2 heterocycles. The van der Waals surface area contributed by atoms with Crippen LogP contribution >= 0.6 is 0 Å². The lowest BCUT2D eigenvalue weighted by atomic mass is 10.1. The third kappa shape index (κ3) is 3.90. The van der Waals surface area contributed by atoms with Crippen molar-refractivity contribution in [3.63, 3.8) is 0 Å². The fraction of sp³-hybridized carbons (Fsp3) is 0.227. The van der Waals surface area contributed by atoms with Crippen LogP contribution in [-0.4, -0.2) is 29.8 Å². The highest BCUT2D eigenvalue weighted by Gasteiger charge is 2.23. The molecule has 0 unspecified atom stereocenters. The molecule has 0 saturated heterocycles. The predicted octanol–water partition coefficient (Wildman–Crippen LogP) is 4.38. The van der Waals surface area contributed by atoms with Gasteiger partial charge in [-0.2, -0.15) is 4.98 Å². The normalized spacial score (nSPS) is 11.0. The Kier molecular flexibility index (Phi) is 5.76. The van der Waals surface area contributed by atoms with Crippen LogP contribution in [0.3, 0.4) is 0 Å². The molecule has 154 valence electrons. The number of benzene rings is 2. The molecule has 0 N–H and O–H groups in total. The topological polar surface area (TPSA) is 96.8 Å². The molecule has 0 fully saturated rings. The largest absolute Gasteiger partial charge is 0.493 e. The molecule has 0 saturated carbocycles. The fourth-order valence-electron chi connectivity index (χ4n) is 3.10. The molecular formula is C22H20N2O6. The molecule has 4 rings (SSSR count). The summed E-state index contributed by atoms with van der Waals surface area (Å²) in [5.74, 6) is 0.631. The van der Waals surface area contributed by atoms with Crippen LogP contribution in [0, 0.1) is 0 Å². The maximum absolute atomic E-state index is 12.6. The van der Waals surface area contributed by atoms with Gasteiger partial charge in [-0.05, 0) is 25.1 Å². The van der Waals surface area contributed by atoms with Gasteiger partial charge in [0.15, 0.2) is 6.61 Å². The molecule has 30 heavy (non-hydrogen) atoms. The molecule has 0 spiro atoms. The van der Waals surface area contributed by atoms with Crippen molar-refractivity contribution in [2.45, 2.75) is 20.1 Å². The number of hydrogen-bond acceptors (Lipinski definition) is 8. The zero-order valence-corrected chi connectivity index (χ0v) is 16.6. The van der Waals surface area contributed by atoms with Crippen molar-refractivity contribution in [3.8, 4) is 17.1 Å². The Labute approximate surface area is 172 Å². The van der Waals surface area contributed by atoms with E-state index in [9.17, 15) is 4.79 Å². The average molecular weight is 408 g/mol. The number of fused-ring (bicyclic) bond motifs is 1. The highest BCUT2D eigenvalue weighted by atomic mass is 16.6. The van der Waals surface area contributed by atoms with Gasteiger partial charge in [-0.15, -0.1) is 0 Å². The third-order valence-corrected chi connectivity index (χ3v) is 4.39. The van der Waals surface area contributed by atoms with Crippen molar-refractivity contribution in [1.82, 2.24) is 10.1 Å². The number of methoxy groups -OCH3 is 1. The summed E-state index contributed by atoms with van der Waals surface area (Å²) in [6.07, 6.45) is 0. The van der Waals surface area contributed by atoms with E-state index in [1.807, 2.05) is 49.4 Å². The summed E-state index contributed by atoms with van der Waals surface area (Å²) in [6, 6.07) is 14.7. The maximum atomic E-state index is 12.6. The van der Waals surface area contributed by atoms with E-state index in [0.29, 0.717) is 34.9 Å². The Balaban J connectivity index is 1.51. The molecule has 0 aliphatic rings. The average Bonchev–Trinajstić information content (AvgIpc) is 3.38. The lowest BCUT2D eigenvalue weighted by Crippen LogP contribution is -2.07. The van der Waals surface area contributed by atoms with E-state index in [2.05, 4.69) is 10.1 Å². The summed E-state index contributed by atoms with van der Waals surface area (Å²) in [6.45, 7) is 2.45. The van der Waals surface area contributed by atoms with Gasteiger partial charge in [0.2, 0.25) is 11.6 Å². The van der Waals surface area contributed by atoms with Crippen LogP contribution in [0.1, 0.15) is 28.9 Å². The number of hydrogen-bond donors (Lipinski definition) is 0. The number of carbonyl (C=O) groups excluding carboxylic acids is 1. The first-order valence-electron chi connectivity index (χ1n) is 9.42. The summed E-state index contributed by atoms with van der Waals surface area (Å²) >= 11 is 0. The Morgan fingerprint density at radius 1 is 1.07 bits per heavy atom. The lowest BCUT2D eigenvalue weighted by Gasteiger charge is -2.06. The van der Waals surface area contributed by atoms with E-state index in [1.165, 1.54) is 0 Å². The van der Waals surface area contributed by atoms with Crippen LogP contribution in [0.15, 0.2) is 57.5 Å². The second-order valence-electron chi connectivity index (χ2n) is 6.36. The van der Waals surface area contributed by atoms with Gasteiger partial charge in [0.05, 0.1) is 18.8 Å². The third-order valence-electron chi connectivity index (χ3n) is 4.39. The fourth-order valence-corrected chi connectivity index (χ4v) is 3.10. The predicted molar refractivity (Wildman–Crippen MR) is 107 cm³/mol. The minimum atomic E-state index is -0.632. The van der Waals surface area contributed by atoms with Crippen LogP contribution in [0.4, 0.5) is 0 Å². The number of para-hydroxylation sites is 2. The number of rotatable bonds is 8. The van der Waals surface area contributed by atoms with E-state index in [-0.39, 0.29) is 24.9 Å². The number of furan rings is 1. The van der Waals surface area contributed by atoms with E-state index in [1.54, 1.807) is 13.2 Å². The molecule has 0 aliphatic heterocycles. The van der Waals surface area contributed by atoms with Gasteiger partial charge in [-0.1, -0.05) is 35.5 Å². The molecule has 8 nitrogen and oxygen atoms in total. The summed E-state index contributed by atoms with van der Waals surface area (Å²) in [4.78, 5) is 16.9. The van der Waals surface area contributed by atoms with Gasteiger partial charge in [-0.25, -0.2) is 4.79 Å². The van der Waals surface area contributed by atoms with Crippen molar-refractivity contribution in [2.24, 2.45) is 0 Å². The lowest BCUT2D eigenvalue weighted by molar-refractivity contribution is 0.0390. The van der Waals surface area contributed by atoms with E-state index in [4.69, 9.17) is 23.2 Å². The van der Waals surface area contributed by atoms with Gasteiger partial charge in [0.25, 0.3) is 5.89 Å². The molecule has 4 aromatic rings. The van der Waals surface area contributed by atoms with Gasteiger partial charge >= 0.3 is 5.97 Å². The summed E-state index contributed by atoms with van der Waals surface area (Å²) < 4.78 is 27.1. The Bertz CT molecular complexity index is 1160. The molecule has 0 aliphatic carbocycles. The first-order valence-corrected chi connectivity index (χ1v) is 9.42. The zero-order chi connectivity index (χ0) is 20.9. The second kappa shape index (κ2) is 8.79. The molecule has 0 radical (unpaired) electrons. The molecule has 0 amide bonds. The van der Waals surface area contributed by atoms with Crippen LogP contribution in [-0.2, 0) is 22.7 Å². The minimum absolute atomic E-state index is 0.0967. The Hall–Kier alpha value is -3.65. The highest BCUT2D eigenvalue weighted by Crippen LogP contribution is 2.29. The Morgan fingerprint density at radius 3 is 2.70 bits per heavy atom. The monoisotopic (exact) mass is 408 g/mol. The van der Waals surface area contributed by atoms with E-state index in [0.717, 1.165) is 5.39 Å². The highest BCUT2D eigenvalue weighted by molar-refractivity contribution is 5.96. The van der Waals surface area contributed by atoms with E-state index >= 15 is 0 Å². The summed E-state index contributed by atoms with van der Waals surface area (Å²) in [5.41, 5.74) is 1.92. The number of aromatic nitrogens is 2. The maximum Gasteiger partial charge on any atom is 0.375 e. The molecule has 0 atom stereocenters. The van der Waals surface area contributed by atoms with Crippen molar-refractivity contribution in [2.75, 3.05) is 13.7 Å². The molecular weight excluding hydrogens is 388 g/mol. The van der Waals surface area contributed by atoms with E-state index < -0.39 is 5.97 Å². The van der Waals surface area contributed by atoms with Crippen LogP contribution in [0.2, 0.25) is 0 Å². The smallest absolute Gasteiger partial charge is 0.375 e. The van der Waals surface area contributed by atoms with Crippen LogP contribution in [0.25, 0.3) is 22.4 Å². The standard InChI is InChI=1S/C22H20N2O6/c1-3-27-17-10-6-5-9-15(17)21-23-19(30-24-21)13-28-22(25)20-16(12-26-2)14-8-4-7-11-18(14)29-20/h4-11H,3,12-13H2,1-2H3. The van der Waals surface area contributed by atoms with Gasteiger partial charge in [-0.3, -0.25) is 0 Å². The summed E-state index contributed by atoms with van der Waals surface area (Å²) in [5, 5.41) is 4.77. The number of ether oxygens (including phenoxy) is 3. The quantitative estimate of drug-likeness (QED) is 0.396. The van der Waals surface area contributed by atoms with Crippen molar-refractivity contribution in [1.29, 1.82) is 0 Å². The molecule has 0 bridgehead atoms. The van der Waals surface area contributed by atoms with Gasteiger partial charge in [0.1, 0.15) is 11.3 Å². The minimum Gasteiger partial charge on any atom is -0.493 e. The molecule has 2 aromatic heterocycles. The number of carbonyl (C=O) groups is 1. The number of nitrogens with zero attached hydrogens (tertiary/aromatic N) is 2. The van der Waals surface area contributed by atoms with Crippen LogP contribution in [0.5, 0.6) is 5.75 Å². The van der Waals surface area contributed by atoms with Crippen molar-refractivity contribution in [3.05, 3.63) is 65.7 Å². The molecule has 8 heteroatoms. The first-order chi connectivity index (χ1) is 14.7. The van der Waals surface area contributed by atoms with Gasteiger partial charge in [0, 0.05) is 18.1 Å². The molecule has 2 aromatic carbocycles. The van der Waals surface area contributed by atoms with Crippen molar-refractivity contribution >= 4 is 16.9 Å². The van der Waals surface area contributed by atoms with Crippen molar-refractivity contribution < 1.29 is 27.9 Å². The van der Waals surface area contributed by atoms with Gasteiger partial charge < -0.3 is 23.2 Å². The SMILES string of the molecule is CCOc1ccccc1-c1noc(COC(=O)c2oc3ccccc3c2COC)n1.